The van der Waals surface area contributed by atoms with E-state index in [0.29, 0.717) is 39.8 Å². The summed E-state index contributed by atoms with van der Waals surface area (Å²) in [5.74, 6) is -1.05. The molecule has 7 nitrogen and oxygen atoms in total. The van der Waals surface area contributed by atoms with Crippen molar-refractivity contribution in [3.05, 3.63) is 87.4 Å². The molecule has 1 aliphatic rings. The van der Waals surface area contributed by atoms with E-state index in [9.17, 15) is 14.7 Å². The molecule has 3 aromatic rings. The number of ether oxygens (including phenoxy) is 3. The molecule has 1 heterocycles. The molecule has 1 N–H and O–H groups in total. The molecule has 2 unspecified atom stereocenters. The van der Waals surface area contributed by atoms with Crippen LogP contribution in [0.4, 0.5) is 0 Å². The molecule has 0 bridgehead atoms. The van der Waals surface area contributed by atoms with Crippen molar-refractivity contribution in [3.63, 3.8) is 0 Å². The number of nitrogens with one attached hydrogen (secondary N) is 1. The zero-order valence-corrected chi connectivity index (χ0v) is 23.3. The Hall–Kier alpha value is -2.26. The summed E-state index contributed by atoms with van der Waals surface area (Å²) in [6.45, 7) is 0.547. The average molecular weight is 538 g/mol. The third-order valence-corrected chi connectivity index (χ3v) is 6.25. The van der Waals surface area contributed by atoms with Gasteiger partial charge in [-0.1, -0.05) is 35.3 Å². The SMILES string of the molecule is COC(CNC(=O)c1ccc(Oc2cc3c(cc2Cl)C(C(=O)[O-])CCO3)cc1)c1ccc(Cl)cc1.[Na+]. The number of methoxy groups -OCH3 is 1. The number of benzene rings is 3. The second kappa shape index (κ2) is 12.8. The molecular formula is C26H22Cl2NNaO6. The molecule has 4 rings (SSSR count). The number of rotatable bonds is 8. The second-order valence-electron chi connectivity index (χ2n) is 7.94. The van der Waals surface area contributed by atoms with Gasteiger partial charge in [0.15, 0.2) is 0 Å². The predicted molar refractivity (Wildman–Crippen MR) is 129 cm³/mol. The van der Waals surface area contributed by atoms with Crippen LogP contribution < -0.4 is 49.5 Å². The van der Waals surface area contributed by atoms with Gasteiger partial charge in [-0.25, -0.2) is 0 Å². The van der Waals surface area contributed by atoms with Crippen LogP contribution in [-0.2, 0) is 9.53 Å². The fourth-order valence-electron chi connectivity index (χ4n) is 3.82. The van der Waals surface area contributed by atoms with Crippen molar-refractivity contribution in [1.29, 1.82) is 0 Å². The van der Waals surface area contributed by atoms with E-state index in [2.05, 4.69) is 5.32 Å². The van der Waals surface area contributed by atoms with E-state index in [1.54, 1.807) is 49.6 Å². The number of amides is 1. The first-order chi connectivity index (χ1) is 16.9. The molecule has 36 heavy (non-hydrogen) atoms. The third-order valence-electron chi connectivity index (χ3n) is 5.71. The molecule has 182 valence electrons. The van der Waals surface area contributed by atoms with Crippen LogP contribution in [0, 0.1) is 0 Å². The number of fused-ring (bicyclic) bond motifs is 1. The summed E-state index contributed by atoms with van der Waals surface area (Å²) in [4.78, 5) is 24.0. The molecule has 2 atom stereocenters. The molecule has 0 saturated heterocycles. The van der Waals surface area contributed by atoms with Crippen molar-refractivity contribution in [1.82, 2.24) is 5.32 Å². The minimum absolute atomic E-state index is 0. The van der Waals surface area contributed by atoms with E-state index in [-0.39, 0.29) is 59.7 Å². The fourth-order valence-corrected chi connectivity index (χ4v) is 4.15. The average Bonchev–Trinajstić information content (AvgIpc) is 2.85. The molecule has 0 aliphatic carbocycles. The summed E-state index contributed by atoms with van der Waals surface area (Å²) >= 11 is 12.3. The summed E-state index contributed by atoms with van der Waals surface area (Å²) in [5, 5.41) is 15.1. The van der Waals surface area contributed by atoms with Crippen LogP contribution in [0.5, 0.6) is 17.2 Å². The molecule has 0 saturated carbocycles. The molecule has 1 aliphatic heterocycles. The van der Waals surface area contributed by atoms with E-state index in [4.69, 9.17) is 37.4 Å². The van der Waals surface area contributed by atoms with E-state index in [1.807, 2.05) is 12.1 Å². The summed E-state index contributed by atoms with van der Waals surface area (Å²) in [6, 6.07) is 16.9. The minimum Gasteiger partial charge on any atom is -0.549 e. The number of aliphatic carboxylic acids is 1. The van der Waals surface area contributed by atoms with Crippen LogP contribution in [0.15, 0.2) is 60.7 Å². The van der Waals surface area contributed by atoms with Gasteiger partial charge < -0.3 is 29.4 Å². The quantitative estimate of drug-likeness (QED) is 0.437. The van der Waals surface area contributed by atoms with Crippen molar-refractivity contribution in [2.24, 2.45) is 0 Å². The number of hydrogen-bond donors (Lipinski definition) is 1. The Bertz CT molecular complexity index is 1220. The molecule has 0 spiro atoms. The van der Waals surface area contributed by atoms with Crippen molar-refractivity contribution in [3.8, 4) is 17.2 Å². The van der Waals surface area contributed by atoms with Gasteiger partial charge in [-0.05, 0) is 54.4 Å². The van der Waals surface area contributed by atoms with Gasteiger partial charge in [0, 0.05) is 47.8 Å². The number of carboxylic acids is 1. The Kier molecular flexibility index (Phi) is 10.1. The summed E-state index contributed by atoms with van der Waals surface area (Å²) < 4.78 is 16.9. The van der Waals surface area contributed by atoms with Crippen molar-refractivity contribution in [2.75, 3.05) is 20.3 Å². The summed E-state index contributed by atoms with van der Waals surface area (Å²) in [5.41, 5.74) is 1.81. The van der Waals surface area contributed by atoms with Gasteiger partial charge in [-0.3, -0.25) is 4.79 Å². The van der Waals surface area contributed by atoms with Gasteiger partial charge >= 0.3 is 29.6 Å². The van der Waals surface area contributed by atoms with E-state index in [1.165, 1.54) is 6.07 Å². The first-order valence-corrected chi connectivity index (χ1v) is 11.6. The third kappa shape index (κ3) is 6.73. The van der Waals surface area contributed by atoms with E-state index in [0.717, 1.165) is 5.56 Å². The van der Waals surface area contributed by atoms with E-state index >= 15 is 0 Å². The van der Waals surface area contributed by atoms with Crippen LogP contribution in [0.1, 0.15) is 39.9 Å². The largest absolute Gasteiger partial charge is 1.00 e. The molecule has 3 aromatic carbocycles. The predicted octanol–water partition coefficient (Wildman–Crippen LogP) is 1.52. The normalized spacial score (nSPS) is 15.0. The van der Waals surface area contributed by atoms with E-state index < -0.39 is 11.9 Å². The zero-order valence-electron chi connectivity index (χ0n) is 19.8. The first kappa shape index (κ1) is 28.3. The molecular weight excluding hydrogens is 516 g/mol. The van der Waals surface area contributed by atoms with Gasteiger partial charge in [0.1, 0.15) is 17.2 Å². The number of halogens is 2. The standard InChI is InChI=1S/C26H23Cl2NO6.Na/c1-33-24(15-2-6-17(27)7-3-15)14-29-25(30)16-4-8-18(9-5-16)35-23-13-22-20(12-21(23)28)19(26(31)32)10-11-34-22;/h2-9,12-13,19,24H,10-11,14H2,1H3,(H,29,30)(H,31,32);/q;+1/p-1. The van der Waals surface area contributed by atoms with Gasteiger partial charge in [-0.2, -0.15) is 0 Å². The van der Waals surface area contributed by atoms with Crippen LogP contribution in [-0.4, -0.2) is 32.1 Å². The smallest absolute Gasteiger partial charge is 0.549 e. The van der Waals surface area contributed by atoms with Crippen molar-refractivity contribution < 1.29 is 58.5 Å². The minimum atomic E-state index is -1.17. The van der Waals surface area contributed by atoms with Gasteiger partial charge in [0.2, 0.25) is 0 Å². The molecule has 10 heteroatoms. The van der Waals surface area contributed by atoms with Crippen LogP contribution in [0.2, 0.25) is 10.0 Å². The van der Waals surface area contributed by atoms with Gasteiger partial charge in [0.05, 0.1) is 17.7 Å². The van der Waals surface area contributed by atoms with Crippen LogP contribution >= 0.6 is 23.2 Å². The topological polar surface area (TPSA) is 96.9 Å². The monoisotopic (exact) mass is 537 g/mol. The first-order valence-electron chi connectivity index (χ1n) is 10.9. The van der Waals surface area contributed by atoms with Gasteiger partial charge in [-0.15, -0.1) is 0 Å². The number of hydrogen-bond acceptors (Lipinski definition) is 6. The van der Waals surface area contributed by atoms with Crippen LogP contribution in [0.25, 0.3) is 0 Å². The Morgan fingerprint density at radius 2 is 1.81 bits per heavy atom. The Morgan fingerprint density at radius 1 is 1.11 bits per heavy atom. The molecule has 0 fully saturated rings. The van der Waals surface area contributed by atoms with Gasteiger partial charge in [0.25, 0.3) is 5.91 Å². The molecule has 1 amide bonds. The Balaban J connectivity index is 0.00000361. The Labute approximate surface area is 240 Å². The van der Waals surface area contributed by atoms with Crippen molar-refractivity contribution >= 4 is 35.1 Å². The molecule has 0 radical (unpaired) electrons. The van der Waals surface area contributed by atoms with Crippen molar-refractivity contribution in [2.45, 2.75) is 18.4 Å². The maximum atomic E-state index is 12.6. The maximum absolute atomic E-state index is 12.6. The molecule has 0 aromatic heterocycles. The second-order valence-corrected chi connectivity index (χ2v) is 8.79. The fraction of sp³-hybridized carbons (Fsp3) is 0.231. The summed E-state index contributed by atoms with van der Waals surface area (Å²) in [7, 11) is 1.58. The summed E-state index contributed by atoms with van der Waals surface area (Å²) in [6.07, 6.45) is 0.00364. The number of carbonyl (C=O) groups excluding carboxylic acids is 2. The maximum Gasteiger partial charge on any atom is 1.00 e. The number of carbonyl (C=O) groups is 2. The number of carboxylic acid groups (broad SMARTS) is 1. The Morgan fingerprint density at radius 3 is 2.44 bits per heavy atom. The van der Waals surface area contributed by atoms with Crippen LogP contribution in [0.3, 0.4) is 0 Å². The zero-order chi connectivity index (χ0) is 24.9.